The van der Waals surface area contributed by atoms with Crippen LogP contribution in [0, 0.1) is 0 Å². The lowest BCUT2D eigenvalue weighted by atomic mass is 10.2. The van der Waals surface area contributed by atoms with Crippen LogP contribution in [0.25, 0.3) is 5.52 Å². The van der Waals surface area contributed by atoms with Gasteiger partial charge in [-0.1, -0.05) is 6.92 Å². The molecule has 7 heteroatoms. The maximum absolute atomic E-state index is 4.87. The second-order valence-corrected chi connectivity index (χ2v) is 7.09. The summed E-state index contributed by atoms with van der Waals surface area (Å²) in [5.41, 5.74) is 2.22. The predicted octanol–water partition coefficient (Wildman–Crippen LogP) is 2.29. The molecule has 0 aromatic carbocycles. The van der Waals surface area contributed by atoms with E-state index in [1.165, 1.54) is 12.8 Å². The van der Waals surface area contributed by atoms with Crippen LogP contribution in [0.15, 0.2) is 30.7 Å². The molecule has 3 aromatic rings. The molecule has 1 saturated carbocycles. The predicted molar refractivity (Wildman–Crippen MR) is 101 cm³/mol. The molecule has 2 fully saturated rings. The molecule has 7 nitrogen and oxygen atoms in total. The van der Waals surface area contributed by atoms with Gasteiger partial charge < -0.3 is 9.80 Å². The summed E-state index contributed by atoms with van der Waals surface area (Å²) in [5.74, 6) is 3.74. The number of anilines is 2. The molecular formula is C19H23N7. The number of rotatable bonds is 4. The van der Waals surface area contributed by atoms with Crippen LogP contribution >= 0.6 is 0 Å². The number of nitrogens with zero attached hydrogens (tertiary/aromatic N) is 7. The molecule has 2 aliphatic rings. The highest BCUT2D eigenvalue weighted by Crippen LogP contribution is 2.38. The van der Waals surface area contributed by atoms with Crippen LogP contribution in [0.5, 0.6) is 0 Å². The van der Waals surface area contributed by atoms with Crippen molar-refractivity contribution in [1.82, 2.24) is 24.6 Å². The van der Waals surface area contributed by atoms with Crippen LogP contribution in [0.4, 0.5) is 11.6 Å². The van der Waals surface area contributed by atoms with Gasteiger partial charge in [0.1, 0.15) is 17.2 Å². The average molecular weight is 349 g/mol. The molecule has 0 N–H and O–H groups in total. The number of fused-ring (bicyclic) bond motifs is 1. The molecule has 0 unspecified atom stereocenters. The average Bonchev–Trinajstić information content (AvgIpc) is 3.44. The minimum Gasteiger partial charge on any atom is -0.353 e. The summed E-state index contributed by atoms with van der Waals surface area (Å²) in [6.45, 7) is 5.92. The van der Waals surface area contributed by atoms with Gasteiger partial charge in [-0.3, -0.25) is 0 Å². The van der Waals surface area contributed by atoms with E-state index >= 15 is 0 Å². The van der Waals surface area contributed by atoms with Crippen molar-refractivity contribution in [2.75, 3.05) is 36.0 Å². The maximum atomic E-state index is 4.87. The van der Waals surface area contributed by atoms with E-state index < -0.39 is 0 Å². The fraction of sp³-hybridized carbons (Fsp3) is 0.474. The Hall–Kier alpha value is -2.70. The van der Waals surface area contributed by atoms with Crippen molar-refractivity contribution in [2.24, 2.45) is 0 Å². The Balaban J connectivity index is 1.36. The smallest absolute Gasteiger partial charge is 0.154 e. The van der Waals surface area contributed by atoms with Gasteiger partial charge in [-0.2, -0.15) is 5.10 Å². The third-order valence-corrected chi connectivity index (χ3v) is 5.29. The minimum absolute atomic E-state index is 0.588. The van der Waals surface area contributed by atoms with Gasteiger partial charge in [-0.25, -0.2) is 19.5 Å². The molecule has 0 amide bonds. The van der Waals surface area contributed by atoms with Crippen molar-refractivity contribution in [3.63, 3.8) is 0 Å². The van der Waals surface area contributed by atoms with Gasteiger partial charge in [-0.05, 0) is 25.3 Å². The molecule has 0 radical (unpaired) electrons. The third-order valence-electron chi connectivity index (χ3n) is 5.29. The van der Waals surface area contributed by atoms with Crippen LogP contribution in [0.1, 0.15) is 37.2 Å². The molecule has 0 spiro atoms. The van der Waals surface area contributed by atoms with E-state index in [9.17, 15) is 0 Å². The van der Waals surface area contributed by atoms with Gasteiger partial charge in [0.2, 0.25) is 0 Å². The van der Waals surface area contributed by atoms with Gasteiger partial charge in [-0.15, -0.1) is 0 Å². The van der Waals surface area contributed by atoms with Crippen LogP contribution in [-0.4, -0.2) is 50.7 Å². The first-order chi connectivity index (χ1) is 12.8. The molecule has 1 saturated heterocycles. The Kier molecular flexibility index (Phi) is 3.72. The fourth-order valence-corrected chi connectivity index (χ4v) is 3.60. The molecular weight excluding hydrogens is 326 g/mol. The fourth-order valence-electron chi connectivity index (χ4n) is 3.60. The summed E-state index contributed by atoms with van der Waals surface area (Å²) in [6.07, 6.45) is 8.97. The normalized spacial score (nSPS) is 17.9. The highest BCUT2D eigenvalue weighted by atomic mass is 15.3. The monoisotopic (exact) mass is 349 g/mol. The number of aromatic nitrogens is 5. The lowest BCUT2D eigenvalue weighted by Gasteiger charge is -2.36. The summed E-state index contributed by atoms with van der Waals surface area (Å²) < 4.78 is 1.88. The van der Waals surface area contributed by atoms with E-state index in [-0.39, 0.29) is 0 Å². The van der Waals surface area contributed by atoms with Gasteiger partial charge in [0.05, 0.1) is 6.20 Å². The van der Waals surface area contributed by atoms with Crippen molar-refractivity contribution < 1.29 is 0 Å². The highest BCUT2D eigenvalue weighted by molar-refractivity contribution is 5.68. The number of aryl methyl sites for hydroxylation is 1. The first kappa shape index (κ1) is 15.5. The SMILES string of the molecule is CCc1cc(N2CCN(c3nccn4nccc34)CC2)nc(C2CC2)n1. The molecule has 5 rings (SSSR count). The Morgan fingerprint density at radius 2 is 1.85 bits per heavy atom. The molecule has 4 heterocycles. The first-order valence-electron chi connectivity index (χ1n) is 9.48. The Morgan fingerprint density at radius 1 is 1.04 bits per heavy atom. The summed E-state index contributed by atoms with van der Waals surface area (Å²) in [5, 5.41) is 4.31. The zero-order valence-electron chi connectivity index (χ0n) is 15.0. The largest absolute Gasteiger partial charge is 0.353 e. The maximum Gasteiger partial charge on any atom is 0.154 e. The van der Waals surface area contributed by atoms with Crippen LogP contribution in [0.2, 0.25) is 0 Å². The van der Waals surface area contributed by atoms with E-state index in [4.69, 9.17) is 9.97 Å². The van der Waals surface area contributed by atoms with Crippen molar-refractivity contribution in [3.05, 3.63) is 42.2 Å². The zero-order chi connectivity index (χ0) is 17.5. The third kappa shape index (κ3) is 2.77. The molecule has 1 aliphatic carbocycles. The number of piperazine rings is 1. The van der Waals surface area contributed by atoms with Gasteiger partial charge in [0.25, 0.3) is 0 Å². The quantitative estimate of drug-likeness (QED) is 0.720. The number of hydrogen-bond donors (Lipinski definition) is 0. The molecule has 3 aromatic heterocycles. The Morgan fingerprint density at radius 3 is 2.62 bits per heavy atom. The van der Waals surface area contributed by atoms with Crippen LogP contribution in [-0.2, 0) is 6.42 Å². The van der Waals surface area contributed by atoms with E-state index in [0.29, 0.717) is 5.92 Å². The lowest BCUT2D eigenvalue weighted by molar-refractivity contribution is 0.638. The Labute approximate surface area is 152 Å². The lowest BCUT2D eigenvalue weighted by Crippen LogP contribution is -2.47. The molecule has 134 valence electrons. The van der Waals surface area contributed by atoms with Crippen molar-refractivity contribution in [3.8, 4) is 0 Å². The summed E-state index contributed by atoms with van der Waals surface area (Å²) in [4.78, 5) is 18.9. The van der Waals surface area contributed by atoms with Crippen LogP contribution < -0.4 is 9.80 Å². The van der Waals surface area contributed by atoms with Gasteiger partial charge in [0.15, 0.2) is 5.82 Å². The second kappa shape index (κ2) is 6.23. The summed E-state index contributed by atoms with van der Waals surface area (Å²) >= 11 is 0. The van der Waals surface area contributed by atoms with Crippen molar-refractivity contribution in [2.45, 2.75) is 32.1 Å². The molecule has 0 atom stereocenters. The van der Waals surface area contributed by atoms with Crippen molar-refractivity contribution in [1.29, 1.82) is 0 Å². The first-order valence-corrected chi connectivity index (χ1v) is 9.48. The van der Waals surface area contributed by atoms with Crippen molar-refractivity contribution >= 4 is 17.2 Å². The topological polar surface area (TPSA) is 62.5 Å². The molecule has 1 aliphatic heterocycles. The highest BCUT2D eigenvalue weighted by Gasteiger charge is 2.28. The Bertz CT molecular complexity index is 923. The molecule has 0 bridgehead atoms. The van der Waals surface area contributed by atoms with Gasteiger partial charge >= 0.3 is 0 Å². The van der Waals surface area contributed by atoms with E-state index in [2.05, 4.69) is 32.9 Å². The second-order valence-electron chi connectivity index (χ2n) is 7.09. The van der Waals surface area contributed by atoms with E-state index in [0.717, 1.165) is 61.3 Å². The summed E-state index contributed by atoms with van der Waals surface area (Å²) in [7, 11) is 0. The van der Waals surface area contributed by atoms with Gasteiger partial charge in [0, 0.05) is 56.3 Å². The minimum atomic E-state index is 0.588. The van der Waals surface area contributed by atoms with E-state index in [1.54, 1.807) is 0 Å². The summed E-state index contributed by atoms with van der Waals surface area (Å²) in [6, 6.07) is 4.19. The standard InChI is InChI=1S/C19H23N7/c1-2-15-13-17(23-18(22-15)14-3-4-14)24-9-11-25(12-10-24)19-16-5-6-21-26(16)8-7-20-19/h5-8,13-14H,2-4,9-12H2,1H3. The number of hydrogen-bond acceptors (Lipinski definition) is 6. The zero-order valence-corrected chi connectivity index (χ0v) is 15.0. The van der Waals surface area contributed by atoms with E-state index in [1.807, 2.05) is 29.2 Å². The molecule has 26 heavy (non-hydrogen) atoms. The van der Waals surface area contributed by atoms with Crippen LogP contribution in [0.3, 0.4) is 0 Å².